The van der Waals surface area contributed by atoms with Gasteiger partial charge in [-0.25, -0.2) is 5.01 Å². The van der Waals surface area contributed by atoms with Crippen molar-refractivity contribution in [3.63, 3.8) is 0 Å². The Balaban J connectivity index is 1.80. The number of piperazine rings is 1. The summed E-state index contributed by atoms with van der Waals surface area (Å²) >= 11 is 13.7. The molecule has 0 spiro atoms. The van der Waals surface area contributed by atoms with Crippen LogP contribution in [0.5, 0.6) is 0 Å². The van der Waals surface area contributed by atoms with Crippen molar-refractivity contribution in [2.24, 2.45) is 0 Å². The summed E-state index contributed by atoms with van der Waals surface area (Å²) in [5.74, 6) is -0.142. The first-order valence-electron chi connectivity index (χ1n) is 6.79. The molecule has 0 bridgehead atoms. The number of rotatable bonds is 2. The number of benzene rings is 1. The summed E-state index contributed by atoms with van der Waals surface area (Å²) in [6, 6.07) is 5.48. The molecule has 0 atom stereocenters. The molecule has 2 heterocycles. The summed E-state index contributed by atoms with van der Waals surface area (Å²) in [6.07, 6.45) is 0. The second-order valence-electron chi connectivity index (χ2n) is 5.27. The molecule has 1 fully saturated rings. The molecule has 1 saturated heterocycles. The number of nitrogens with zero attached hydrogens (tertiary/aromatic N) is 1. The Hall–Kier alpha value is -0.850. The number of nitrogens with one attached hydrogen (secondary N) is 2. The lowest BCUT2D eigenvalue weighted by Crippen LogP contribution is -3.12. The Labute approximate surface area is 137 Å². The maximum atomic E-state index is 12.4. The summed E-state index contributed by atoms with van der Waals surface area (Å²) < 4.78 is 0.931. The molecular weight excluding hydrogens is 329 g/mol. The van der Waals surface area contributed by atoms with E-state index in [-0.39, 0.29) is 5.91 Å². The van der Waals surface area contributed by atoms with Crippen molar-refractivity contribution in [3.05, 3.63) is 33.1 Å². The van der Waals surface area contributed by atoms with Gasteiger partial charge in [-0.3, -0.25) is 10.2 Å². The summed E-state index contributed by atoms with van der Waals surface area (Å²) in [7, 11) is 2.16. The molecular formula is C14H16Cl2N3OS+. The predicted molar refractivity (Wildman–Crippen MR) is 87.5 cm³/mol. The second-order valence-corrected chi connectivity index (χ2v) is 7.14. The van der Waals surface area contributed by atoms with Crippen LogP contribution in [0.25, 0.3) is 10.1 Å². The van der Waals surface area contributed by atoms with Gasteiger partial charge in [-0.2, -0.15) is 0 Å². The number of thiophene rings is 1. The van der Waals surface area contributed by atoms with Gasteiger partial charge >= 0.3 is 0 Å². The average Bonchev–Trinajstić information content (AvgIpc) is 2.78. The molecule has 3 rings (SSSR count). The van der Waals surface area contributed by atoms with E-state index in [1.54, 1.807) is 6.07 Å². The molecule has 0 unspecified atom stereocenters. The SMILES string of the molecule is C[NH+]1CCN(NC(=O)c2sc3cc(Cl)ccc3c2Cl)CC1. The largest absolute Gasteiger partial charge is 0.335 e. The lowest BCUT2D eigenvalue weighted by Gasteiger charge is -2.29. The quantitative estimate of drug-likeness (QED) is 0.869. The fourth-order valence-corrected chi connectivity index (χ4v) is 4.06. The minimum atomic E-state index is -0.142. The highest BCUT2D eigenvalue weighted by Crippen LogP contribution is 2.36. The highest BCUT2D eigenvalue weighted by atomic mass is 35.5. The van der Waals surface area contributed by atoms with E-state index in [1.807, 2.05) is 17.1 Å². The summed E-state index contributed by atoms with van der Waals surface area (Å²) in [5, 5.41) is 3.99. The van der Waals surface area contributed by atoms with E-state index in [9.17, 15) is 4.79 Å². The van der Waals surface area contributed by atoms with Gasteiger partial charge in [0.1, 0.15) is 4.88 Å². The number of carbonyl (C=O) groups excluding carboxylic acids is 1. The molecule has 1 aliphatic rings. The van der Waals surface area contributed by atoms with Crippen molar-refractivity contribution in [2.45, 2.75) is 0 Å². The number of hydrazine groups is 1. The van der Waals surface area contributed by atoms with Crippen LogP contribution in [0.4, 0.5) is 0 Å². The van der Waals surface area contributed by atoms with Crippen molar-refractivity contribution in [1.82, 2.24) is 10.4 Å². The van der Waals surface area contributed by atoms with Crippen molar-refractivity contribution < 1.29 is 9.69 Å². The Morgan fingerprint density at radius 1 is 1.33 bits per heavy atom. The molecule has 2 aromatic rings. The topological polar surface area (TPSA) is 36.8 Å². The molecule has 7 heteroatoms. The first kappa shape index (κ1) is 15.1. The molecule has 4 nitrogen and oxygen atoms in total. The van der Waals surface area contributed by atoms with E-state index < -0.39 is 0 Å². The van der Waals surface area contributed by atoms with Crippen LogP contribution in [0.1, 0.15) is 9.67 Å². The van der Waals surface area contributed by atoms with Crippen LogP contribution in [-0.2, 0) is 0 Å². The summed E-state index contributed by atoms with van der Waals surface area (Å²) in [6.45, 7) is 3.75. The van der Waals surface area contributed by atoms with Gasteiger partial charge in [-0.15, -0.1) is 11.3 Å². The van der Waals surface area contributed by atoms with Gasteiger partial charge in [0.2, 0.25) is 0 Å². The summed E-state index contributed by atoms with van der Waals surface area (Å²) in [4.78, 5) is 14.4. The number of hydrogen-bond donors (Lipinski definition) is 2. The zero-order valence-electron chi connectivity index (χ0n) is 11.6. The number of fused-ring (bicyclic) bond motifs is 1. The molecule has 1 aromatic carbocycles. The van der Waals surface area contributed by atoms with E-state index >= 15 is 0 Å². The minimum Gasteiger partial charge on any atom is -0.335 e. The normalized spacial score (nSPS) is 17.3. The number of carbonyl (C=O) groups is 1. The van der Waals surface area contributed by atoms with Gasteiger partial charge in [0.05, 0.1) is 38.2 Å². The highest BCUT2D eigenvalue weighted by molar-refractivity contribution is 7.21. The van der Waals surface area contributed by atoms with E-state index in [2.05, 4.69) is 12.5 Å². The molecule has 2 N–H and O–H groups in total. The number of likely N-dealkylation sites (N-methyl/N-ethyl adjacent to an activating group) is 1. The standard InChI is InChI=1S/C14H15Cl2N3OS/c1-18-4-6-19(7-5-18)17-14(20)13-12(16)10-3-2-9(15)8-11(10)21-13/h2-3,8H,4-7H2,1H3,(H,17,20)/p+1. The maximum absolute atomic E-state index is 12.4. The Morgan fingerprint density at radius 2 is 2.05 bits per heavy atom. The van der Waals surface area contributed by atoms with E-state index in [4.69, 9.17) is 23.2 Å². The van der Waals surface area contributed by atoms with Gasteiger partial charge in [0.15, 0.2) is 0 Å². The van der Waals surface area contributed by atoms with Gasteiger partial charge in [0.25, 0.3) is 5.91 Å². The highest BCUT2D eigenvalue weighted by Gasteiger charge is 2.22. The van der Waals surface area contributed by atoms with Crippen LogP contribution in [0.15, 0.2) is 18.2 Å². The molecule has 0 aliphatic carbocycles. The fraction of sp³-hybridized carbons (Fsp3) is 0.357. The number of quaternary nitrogens is 1. The van der Waals surface area contributed by atoms with Crippen LogP contribution in [0, 0.1) is 0 Å². The summed E-state index contributed by atoms with van der Waals surface area (Å²) in [5.41, 5.74) is 2.95. The second kappa shape index (κ2) is 6.10. The van der Waals surface area contributed by atoms with Gasteiger partial charge in [-0.1, -0.05) is 29.3 Å². The van der Waals surface area contributed by atoms with E-state index in [1.165, 1.54) is 16.2 Å². The van der Waals surface area contributed by atoms with Gasteiger partial charge in [0, 0.05) is 15.1 Å². The van der Waals surface area contributed by atoms with Gasteiger partial charge in [-0.05, 0) is 12.1 Å². The molecule has 112 valence electrons. The Bertz CT molecular complexity index is 680. The third-order valence-electron chi connectivity index (χ3n) is 3.67. The van der Waals surface area contributed by atoms with Crippen LogP contribution in [0.3, 0.4) is 0 Å². The van der Waals surface area contributed by atoms with Crippen LogP contribution < -0.4 is 10.3 Å². The molecule has 1 amide bonds. The third kappa shape index (κ3) is 3.17. The van der Waals surface area contributed by atoms with Crippen LogP contribution in [-0.4, -0.2) is 44.1 Å². The van der Waals surface area contributed by atoms with Gasteiger partial charge < -0.3 is 4.90 Å². The smallest absolute Gasteiger partial charge is 0.277 e. The molecule has 0 radical (unpaired) electrons. The number of halogens is 2. The maximum Gasteiger partial charge on any atom is 0.277 e. The lowest BCUT2D eigenvalue weighted by molar-refractivity contribution is -0.884. The third-order valence-corrected chi connectivity index (χ3v) is 5.57. The minimum absolute atomic E-state index is 0.142. The Morgan fingerprint density at radius 3 is 2.76 bits per heavy atom. The predicted octanol–water partition coefficient (Wildman–Crippen LogP) is 1.68. The van der Waals surface area contributed by atoms with Crippen molar-refractivity contribution in [2.75, 3.05) is 33.2 Å². The van der Waals surface area contributed by atoms with Crippen molar-refractivity contribution in [3.8, 4) is 0 Å². The number of amides is 1. The zero-order valence-corrected chi connectivity index (χ0v) is 13.9. The van der Waals surface area contributed by atoms with Crippen LogP contribution in [0.2, 0.25) is 10.0 Å². The van der Waals surface area contributed by atoms with E-state index in [0.29, 0.717) is 14.9 Å². The van der Waals surface area contributed by atoms with Crippen LogP contribution >= 0.6 is 34.5 Å². The lowest BCUT2D eigenvalue weighted by atomic mass is 10.2. The molecule has 1 aromatic heterocycles. The first-order valence-corrected chi connectivity index (χ1v) is 8.36. The van der Waals surface area contributed by atoms with Crippen molar-refractivity contribution in [1.29, 1.82) is 0 Å². The monoisotopic (exact) mass is 344 g/mol. The zero-order chi connectivity index (χ0) is 15.0. The Kier molecular flexibility index (Phi) is 4.38. The molecule has 21 heavy (non-hydrogen) atoms. The van der Waals surface area contributed by atoms with Crippen molar-refractivity contribution >= 4 is 50.5 Å². The van der Waals surface area contributed by atoms with E-state index in [0.717, 1.165) is 36.3 Å². The molecule has 0 saturated carbocycles. The first-order chi connectivity index (χ1) is 10.0. The number of hydrogen-bond acceptors (Lipinski definition) is 3. The fourth-order valence-electron chi connectivity index (χ4n) is 2.38. The average molecular weight is 345 g/mol. The molecule has 1 aliphatic heterocycles.